The maximum Gasteiger partial charge on any atom is 0.110 e. The van der Waals surface area contributed by atoms with Gasteiger partial charge in [-0.3, -0.25) is 0 Å². The fraction of sp³-hybridized carbons (Fsp3) is 0.400. The lowest BCUT2D eigenvalue weighted by molar-refractivity contribution is 0.0988. The average Bonchev–Trinajstić information content (AvgIpc) is 2.15. The third-order valence-corrected chi connectivity index (χ3v) is 2.53. The summed E-state index contributed by atoms with van der Waals surface area (Å²) in [6, 6.07) is 7.46. The van der Waals surface area contributed by atoms with Crippen LogP contribution >= 0.6 is 34.8 Å². The van der Waals surface area contributed by atoms with Crippen LogP contribution in [-0.2, 0) is 4.74 Å². The molecule has 0 saturated heterocycles. The van der Waals surface area contributed by atoms with E-state index in [2.05, 4.69) is 0 Å². The standard InChI is InChI=1S/C10H11Cl3O/c1-14-9(6-10(12)13)7-2-4-8(11)5-3-7/h2-5,9-10H,6H2,1H3. The zero-order valence-electron chi connectivity index (χ0n) is 7.71. The van der Waals surface area contributed by atoms with Crippen LogP contribution in [0.5, 0.6) is 0 Å². The minimum absolute atomic E-state index is 0.0766. The maximum absolute atomic E-state index is 5.77. The van der Waals surface area contributed by atoms with Crippen LogP contribution in [0.4, 0.5) is 0 Å². The first-order chi connectivity index (χ1) is 6.63. The Kier molecular flexibility index (Phi) is 5.04. The highest BCUT2D eigenvalue weighted by Gasteiger charge is 2.14. The van der Waals surface area contributed by atoms with E-state index in [0.717, 1.165) is 5.56 Å². The molecule has 0 heterocycles. The molecule has 1 rings (SSSR count). The summed E-state index contributed by atoms with van der Waals surface area (Å²) in [5, 5.41) is 0.705. The van der Waals surface area contributed by atoms with Crippen LogP contribution in [0, 0.1) is 0 Å². The molecule has 0 fully saturated rings. The molecule has 0 aliphatic rings. The lowest BCUT2D eigenvalue weighted by Crippen LogP contribution is -2.05. The molecular formula is C10H11Cl3O. The summed E-state index contributed by atoms with van der Waals surface area (Å²) in [6.45, 7) is 0. The number of halogens is 3. The Hall–Kier alpha value is 0.0500. The molecule has 0 bridgehead atoms. The lowest BCUT2D eigenvalue weighted by atomic mass is 10.1. The predicted molar refractivity (Wildman–Crippen MR) is 61.3 cm³/mol. The molecule has 1 aromatic carbocycles. The topological polar surface area (TPSA) is 9.23 Å². The third kappa shape index (κ3) is 3.66. The van der Waals surface area contributed by atoms with Crippen LogP contribution in [0.3, 0.4) is 0 Å². The molecule has 0 aliphatic carbocycles. The number of hydrogen-bond acceptors (Lipinski definition) is 1. The summed E-state index contributed by atoms with van der Waals surface area (Å²) in [5.41, 5.74) is 1.03. The van der Waals surface area contributed by atoms with Gasteiger partial charge < -0.3 is 4.74 Å². The van der Waals surface area contributed by atoms with Crippen molar-refractivity contribution in [2.24, 2.45) is 0 Å². The van der Waals surface area contributed by atoms with Gasteiger partial charge >= 0.3 is 0 Å². The molecule has 1 aromatic rings. The zero-order chi connectivity index (χ0) is 10.6. The lowest BCUT2D eigenvalue weighted by Gasteiger charge is -2.16. The van der Waals surface area contributed by atoms with Gasteiger partial charge in [0, 0.05) is 18.6 Å². The van der Waals surface area contributed by atoms with Gasteiger partial charge in [0.25, 0.3) is 0 Å². The molecule has 0 radical (unpaired) electrons. The second kappa shape index (κ2) is 5.82. The number of benzene rings is 1. The number of hydrogen-bond donors (Lipinski definition) is 0. The third-order valence-electron chi connectivity index (χ3n) is 1.92. The quantitative estimate of drug-likeness (QED) is 0.730. The average molecular weight is 254 g/mol. The summed E-state index contributed by atoms with van der Waals surface area (Å²) in [5.74, 6) is 0. The number of ether oxygens (including phenoxy) is 1. The van der Waals surface area contributed by atoms with Gasteiger partial charge in [0.2, 0.25) is 0 Å². The monoisotopic (exact) mass is 252 g/mol. The van der Waals surface area contributed by atoms with Crippen molar-refractivity contribution >= 4 is 34.8 Å². The Balaban J connectivity index is 2.73. The first-order valence-corrected chi connectivity index (χ1v) is 5.45. The van der Waals surface area contributed by atoms with E-state index >= 15 is 0 Å². The van der Waals surface area contributed by atoms with Crippen molar-refractivity contribution < 1.29 is 4.74 Å². The van der Waals surface area contributed by atoms with Gasteiger partial charge in [0.15, 0.2) is 0 Å². The van der Waals surface area contributed by atoms with E-state index < -0.39 is 4.84 Å². The van der Waals surface area contributed by atoms with Gasteiger partial charge in [-0.2, -0.15) is 0 Å². The Bertz CT molecular complexity index is 271. The van der Waals surface area contributed by atoms with Crippen LogP contribution in [0.25, 0.3) is 0 Å². The van der Waals surface area contributed by atoms with Gasteiger partial charge in [-0.25, -0.2) is 0 Å². The first-order valence-electron chi connectivity index (χ1n) is 4.20. The SMILES string of the molecule is COC(CC(Cl)Cl)c1ccc(Cl)cc1. The van der Waals surface area contributed by atoms with Crippen molar-refractivity contribution in [2.45, 2.75) is 17.4 Å². The Morgan fingerprint density at radius 3 is 2.21 bits per heavy atom. The van der Waals surface area contributed by atoms with E-state index in [-0.39, 0.29) is 6.10 Å². The Morgan fingerprint density at radius 1 is 1.21 bits per heavy atom. The first kappa shape index (κ1) is 12.1. The highest BCUT2D eigenvalue weighted by Crippen LogP contribution is 2.26. The van der Waals surface area contributed by atoms with Gasteiger partial charge in [0.1, 0.15) is 4.84 Å². The summed E-state index contributed by atoms with van der Waals surface area (Å²) in [4.78, 5) is -0.421. The molecule has 0 saturated carbocycles. The van der Waals surface area contributed by atoms with Crippen molar-refractivity contribution in [1.29, 1.82) is 0 Å². The molecule has 0 N–H and O–H groups in total. The van der Waals surface area contributed by atoms with Gasteiger partial charge in [-0.05, 0) is 17.7 Å². The fourth-order valence-corrected chi connectivity index (χ4v) is 1.66. The highest BCUT2D eigenvalue weighted by molar-refractivity contribution is 6.44. The molecule has 0 amide bonds. The van der Waals surface area contributed by atoms with Crippen molar-refractivity contribution in [1.82, 2.24) is 0 Å². The Labute approximate surface area is 98.9 Å². The smallest absolute Gasteiger partial charge is 0.110 e. The van der Waals surface area contributed by atoms with E-state index in [1.807, 2.05) is 24.3 Å². The fourth-order valence-electron chi connectivity index (χ4n) is 1.21. The molecular weight excluding hydrogens is 242 g/mol. The summed E-state index contributed by atoms with van der Waals surface area (Å²) < 4.78 is 5.28. The molecule has 0 aromatic heterocycles. The van der Waals surface area contributed by atoms with E-state index in [1.54, 1.807) is 7.11 Å². The zero-order valence-corrected chi connectivity index (χ0v) is 9.98. The van der Waals surface area contributed by atoms with E-state index in [0.29, 0.717) is 11.4 Å². The van der Waals surface area contributed by atoms with Crippen molar-refractivity contribution in [3.63, 3.8) is 0 Å². The van der Waals surface area contributed by atoms with Crippen molar-refractivity contribution in [2.75, 3.05) is 7.11 Å². The number of rotatable bonds is 4. The molecule has 4 heteroatoms. The van der Waals surface area contributed by atoms with Crippen LogP contribution in [-0.4, -0.2) is 11.9 Å². The van der Waals surface area contributed by atoms with Gasteiger partial charge in [-0.15, -0.1) is 23.2 Å². The minimum atomic E-state index is -0.421. The molecule has 1 atom stereocenters. The summed E-state index contributed by atoms with van der Waals surface area (Å²) >= 11 is 17.2. The molecule has 1 unspecified atom stereocenters. The van der Waals surface area contributed by atoms with Crippen LogP contribution < -0.4 is 0 Å². The van der Waals surface area contributed by atoms with Gasteiger partial charge in [-0.1, -0.05) is 23.7 Å². The van der Waals surface area contributed by atoms with Crippen molar-refractivity contribution in [3.8, 4) is 0 Å². The molecule has 14 heavy (non-hydrogen) atoms. The highest BCUT2D eigenvalue weighted by atomic mass is 35.5. The molecule has 78 valence electrons. The van der Waals surface area contributed by atoms with Crippen LogP contribution in [0.2, 0.25) is 5.02 Å². The van der Waals surface area contributed by atoms with Gasteiger partial charge in [0.05, 0.1) is 6.10 Å². The Morgan fingerprint density at radius 2 is 1.79 bits per heavy atom. The van der Waals surface area contributed by atoms with E-state index in [9.17, 15) is 0 Å². The molecule has 0 aliphatic heterocycles. The van der Waals surface area contributed by atoms with E-state index in [4.69, 9.17) is 39.5 Å². The second-order valence-corrected chi connectivity index (χ2v) is 4.62. The van der Waals surface area contributed by atoms with Crippen molar-refractivity contribution in [3.05, 3.63) is 34.9 Å². The second-order valence-electron chi connectivity index (χ2n) is 2.90. The molecule has 1 nitrogen and oxygen atoms in total. The maximum atomic E-state index is 5.77. The summed E-state index contributed by atoms with van der Waals surface area (Å²) in [6.07, 6.45) is 0.494. The largest absolute Gasteiger partial charge is 0.377 e. The predicted octanol–water partition coefficient (Wildman–Crippen LogP) is 4.22. The molecule has 0 spiro atoms. The summed E-state index contributed by atoms with van der Waals surface area (Å²) in [7, 11) is 1.63. The normalized spacial score (nSPS) is 13.2. The van der Waals surface area contributed by atoms with Crippen LogP contribution in [0.15, 0.2) is 24.3 Å². The van der Waals surface area contributed by atoms with Crippen LogP contribution in [0.1, 0.15) is 18.1 Å². The number of methoxy groups -OCH3 is 1. The minimum Gasteiger partial charge on any atom is -0.377 e. The number of alkyl halides is 2. The van der Waals surface area contributed by atoms with E-state index in [1.165, 1.54) is 0 Å².